The molecule has 1 aromatic carbocycles. The highest BCUT2D eigenvalue weighted by atomic mass is 32.1. The normalized spacial score (nSPS) is 25.6. The maximum atomic E-state index is 13.1. The molecule has 5 rings (SSSR count). The fourth-order valence-electron chi connectivity index (χ4n) is 4.37. The van der Waals surface area contributed by atoms with E-state index in [0.29, 0.717) is 12.1 Å². The number of carbonyl (C=O) groups is 1. The molecule has 2 aliphatic rings. The summed E-state index contributed by atoms with van der Waals surface area (Å²) in [5, 5.41) is 6.25. The van der Waals surface area contributed by atoms with Crippen molar-refractivity contribution in [1.29, 1.82) is 0 Å². The van der Waals surface area contributed by atoms with Crippen LogP contribution >= 0.6 is 11.5 Å². The van der Waals surface area contributed by atoms with E-state index in [9.17, 15) is 4.79 Å². The molecule has 0 spiro atoms. The number of hydrogen-bond acceptors (Lipinski definition) is 5. The number of hydrogen-bond donors (Lipinski definition) is 1. The number of carbonyl (C=O) groups excluding carboxylic acids is 1. The Labute approximate surface area is 161 Å². The third-order valence-electron chi connectivity index (χ3n) is 5.87. The van der Waals surface area contributed by atoms with Crippen LogP contribution in [0.3, 0.4) is 0 Å². The molecule has 0 radical (unpaired) electrons. The number of likely N-dealkylation sites (N-methyl/N-ethyl adjacent to an activating group) is 1. The van der Waals surface area contributed by atoms with Gasteiger partial charge in [0.2, 0.25) is 0 Å². The average Bonchev–Trinajstić information content (AvgIpc) is 3.30. The summed E-state index contributed by atoms with van der Waals surface area (Å²) < 4.78 is 11.9. The molecular formula is C20H22N4O2S. The van der Waals surface area contributed by atoms with Crippen molar-refractivity contribution in [3.05, 3.63) is 47.6 Å². The van der Waals surface area contributed by atoms with Crippen LogP contribution in [0.4, 0.5) is 0 Å². The van der Waals surface area contributed by atoms with Crippen molar-refractivity contribution in [3.8, 4) is 5.69 Å². The van der Waals surface area contributed by atoms with Gasteiger partial charge in [-0.05, 0) is 37.5 Å². The zero-order chi connectivity index (χ0) is 18.4. The fraction of sp³-hybridized carbons (Fsp3) is 0.400. The number of fused-ring (bicyclic) bond motifs is 3. The number of morpholine rings is 1. The van der Waals surface area contributed by atoms with E-state index in [1.54, 1.807) is 0 Å². The van der Waals surface area contributed by atoms with Crippen LogP contribution in [0.2, 0.25) is 0 Å². The van der Waals surface area contributed by atoms with Gasteiger partial charge < -0.3 is 14.6 Å². The summed E-state index contributed by atoms with van der Waals surface area (Å²) in [5.74, 6) is 0.00156. The van der Waals surface area contributed by atoms with Crippen LogP contribution in [0.1, 0.15) is 23.2 Å². The van der Waals surface area contributed by atoms with Gasteiger partial charge in [-0.3, -0.25) is 9.69 Å². The van der Waals surface area contributed by atoms with Gasteiger partial charge in [-0.1, -0.05) is 18.2 Å². The second-order valence-corrected chi connectivity index (χ2v) is 8.12. The van der Waals surface area contributed by atoms with E-state index in [0.717, 1.165) is 48.2 Å². The van der Waals surface area contributed by atoms with E-state index in [1.165, 1.54) is 11.5 Å². The van der Waals surface area contributed by atoms with Gasteiger partial charge in [0.25, 0.3) is 5.91 Å². The molecule has 1 amide bonds. The molecule has 1 unspecified atom stereocenters. The molecule has 2 aliphatic heterocycles. The molecule has 2 fully saturated rings. The van der Waals surface area contributed by atoms with Crippen LogP contribution in [-0.2, 0) is 4.74 Å². The molecule has 1 N–H and O–H groups in total. The molecule has 0 saturated carbocycles. The lowest BCUT2D eigenvalue weighted by atomic mass is 9.90. The number of para-hydroxylation sites is 1. The number of aromatic nitrogens is 2. The van der Waals surface area contributed by atoms with Crippen molar-refractivity contribution in [2.75, 3.05) is 20.3 Å². The third-order valence-corrected chi connectivity index (χ3v) is 6.45. The van der Waals surface area contributed by atoms with Crippen LogP contribution in [-0.4, -0.2) is 58.1 Å². The lowest BCUT2D eigenvalue weighted by molar-refractivity contribution is -0.0670. The maximum Gasteiger partial charge on any atom is 0.253 e. The monoisotopic (exact) mass is 382 g/mol. The highest BCUT2D eigenvalue weighted by molar-refractivity contribution is 7.03. The first-order valence-corrected chi connectivity index (χ1v) is 10.1. The molecule has 4 heterocycles. The smallest absolute Gasteiger partial charge is 0.253 e. The first kappa shape index (κ1) is 16.9. The van der Waals surface area contributed by atoms with E-state index < -0.39 is 0 Å². The van der Waals surface area contributed by atoms with Crippen LogP contribution in [0.5, 0.6) is 0 Å². The summed E-state index contributed by atoms with van der Waals surface area (Å²) in [6.45, 7) is 1.51. The van der Waals surface area contributed by atoms with E-state index >= 15 is 0 Å². The van der Waals surface area contributed by atoms with E-state index in [-0.39, 0.29) is 11.9 Å². The van der Waals surface area contributed by atoms with E-state index in [1.807, 2.05) is 46.6 Å². The van der Waals surface area contributed by atoms with Crippen molar-refractivity contribution in [3.63, 3.8) is 0 Å². The van der Waals surface area contributed by atoms with E-state index in [2.05, 4.69) is 21.6 Å². The Bertz CT molecular complexity index is 954. The number of rotatable bonds is 3. The lowest BCUT2D eigenvalue weighted by Gasteiger charge is -2.46. The van der Waals surface area contributed by atoms with E-state index in [4.69, 9.17) is 4.74 Å². The molecule has 140 valence electrons. The topological polar surface area (TPSA) is 59.4 Å². The van der Waals surface area contributed by atoms with Gasteiger partial charge in [0.1, 0.15) is 0 Å². The molecule has 2 aromatic heterocycles. The molecule has 27 heavy (non-hydrogen) atoms. The predicted octanol–water partition coefficient (Wildman–Crippen LogP) is 2.68. The second-order valence-electron chi connectivity index (χ2n) is 7.46. The molecule has 3 aromatic rings. The summed E-state index contributed by atoms with van der Waals surface area (Å²) in [4.78, 5) is 15.5. The molecule has 3 atom stereocenters. The van der Waals surface area contributed by atoms with Gasteiger partial charge in [-0.25, -0.2) is 0 Å². The van der Waals surface area contributed by atoms with Gasteiger partial charge in [-0.2, -0.15) is 4.37 Å². The Kier molecular flexibility index (Phi) is 4.22. The minimum absolute atomic E-state index is 0.00156. The van der Waals surface area contributed by atoms with Crippen molar-refractivity contribution in [2.45, 2.75) is 31.0 Å². The number of amides is 1. The van der Waals surface area contributed by atoms with Crippen molar-refractivity contribution in [1.82, 2.24) is 19.2 Å². The molecule has 2 bridgehead atoms. The SMILES string of the molecule is CN1[C@@H]2COC[C@H]1CC(NC(=O)c1cn(-c3cnsc3)c3ccccc13)C2. The number of ether oxygens (including phenoxy) is 1. The first-order valence-electron chi connectivity index (χ1n) is 9.31. The predicted molar refractivity (Wildman–Crippen MR) is 106 cm³/mol. The third kappa shape index (κ3) is 2.96. The van der Waals surface area contributed by atoms with Gasteiger partial charge in [0.05, 0.1) is 36.2 Å². The van der Waals surface area contributed by atoms with Gasteiger partial charge >= 0.3 is 0 Å². The first-order chi connectivity index (χ1) is 13.2. The van der Waals surface area contributed by atoms with Gasteiger partial charge in [-0.15, -0.1) is 0 Å². The summed E-state index contributed by atoms with van der Waals surface area (Å²) in [6, 6.07) is 9.00. The minimum Gasteiger partial charge on any atom is -0.378 e. The Morgan fingerprint density at radius 1 is 1.26 bits per heavy atom. The van der Waals surface area contributed by atoms with Crippen LogP contribution in [0.15, 0.2) is 42.0 Å². The number of nitrogens with one attached hydrogen (secondary N) is 1. The zero-order valence-electron chi connectivity index (χ0n) is 15.2. The Hall–Kier alpha value is -2.22. The number of piperidine rings is 1. The summed E-state index contributed by atoms with van der Waals surface area (Å²) in [7, 11) is 2.17. The van der Waals surface area contributed by atoms with Crippen molar-refractivity contribution >= 4 is 28.3 Å². The highest BCUT2D eigenvalue weighted by Gasteiger charge is 2.37. The maximum absolute atomic E-state index is 13.1. The second kappa shape index (κ2) is 6.74. The quantitative estimate of drug-likeness (QED) is 0.757. The minimum atomic E-state index is 0.00156. The average molecular weight is 382 g/mol. The van der Waals surface area contributed by atoms with Crippen LogP contribution in [0.25, 0.3) is 16.6 Å². The van der Waals surface area contributed by atoms with Crippen LogP contribution < -0.4 is 5.32 Å². The summed E-state index contributed by atoms with van der Waals surface area (Å²) >= 11 is 1.41. The molecule has 0 aliphatic carbocycles. The van der Waals surface area contributed by atoms with Gasteiger partial charge in [0, 0.05) is 35.1 Å². The largest absolute Gasteiger partial charge is 0.378 e. The van der Waals surface area contributed by atoms with Crippen molar-refractivity contribution in [2.24, 2.45) is 0 Å². The Balaban J connectivity index is 1.43. The number of nitrogens with zero attached hydrogens (tertiary/aromatic N) is 3. The highest BCUT2D eigenvalue weighted by Crippen LogP contribution is 2.28. The standard InChI is InChI=1S/C20H22N4O2S/c1-23-14-6-13(7-15(23)11-26-10-14)22-20(25)18-9-24(16-8-21-27-12-16)19-5-3-2-4-17(18)19/h2-5,8-9,12-15H,6-7,10-11H2,1H3,(H,22,25)/t13?,14-,15+. The van der Waals surface area contributed by atoms with Gasteiger partial charge in [0.15, 0.2) is 0 Å². The molecule has 2 saturated heterocycles. The van der Waals surface area contributed by atoms with Crippen molar-refractivity contribution < 1.29 is 9.53 Å². The number of benzene rings is 1. The Morgan fingerprint density at radius 2 is 2.04 bits per heavy atom. The summed E-state index contributed by atoms with van der Waals surface area (Å²) in [5.41, 5.74) is 2.73. The summed E-state index contributed by atoms with van der Waals surface area (Å²) in [6.07, 6.45) is 5.64. The molecule has 6 nitrogen and oxygen atoms in total. The van der Waals surface area contributed by atoms with Crippen LogP contribution in [0, 0.1) is 0 Å². The Morgan fingerprint density at radius 3 is 2.78 bits per heavy atom. The molecule has 7 heteroatoms. The lowest BCUT2D eigenvalue weighted by Crippen LogP contribution is -2.59. The molecular weight excluding hydrogens is 360 g/mol. The zero-order valence-corrected chi connectivity index (χ0v) is 16.0. The fourth-order valence-corrected chi connectivity index (χ4v) is 4.88.